The zero-order valence-electron chi connectivity index (χ0n) is 14.4. The van der Waals surface area contributed by atoms with E-state index in [0.717, 1.165) is 12.0 Å². The second kappa shape index (κ2) is 8.11. The lowest BCUT2D eigenvalue weighted by Crippen LogP contribution is -2.11. The lowest BCUT2D eigenvalue weighted by Gasteiger charge is -2.18. The van der Waals surface area contributed by atoms with Crippen LogP contribution < -0.4 is 0 Å². The van der Waals surface area contributed by atoms with Gasteiger partial charge in [-0.2, -0.15) is 0 Å². The van der Waals surface area contributed by atoms with Gasteiger partial charge in [0.25, 0.3) is 0 Å². The van der Waals surface area contributed by atoms with Crippen LogP contribution in [0.25, 0.3) is 0 Å². The molecule has 1 aromatic rings. The van der Waals surface area contributed by atoms with Crippen LogP contribution in [-0.4, -0.2) is 11.8 Å². The van der Waals surface area contributed by atoms with Crippen LogP contribution in [0.5, 0.6) is 0 Å². The van der Waals surface area contributed by atoms with Crippen molar-refractivity contribution in [2.24, 2.45) is 11.3 Å². The van der Waals surface area contributed by atoms with Gasteiger partial charge in [0, 0.05) is 12.3 Å². The molecule has 0 aromatic heterocycles. The summed E-state index contributed by atoms with van der Waals surface area (Å²) >= 11 is 0. The minimum Gasteiger partial charge on any atom is -0.461 e. The molecule has 122 valence electrons. The highest BCUT2D eigenvalue weighted by atomic mass is 16.5. The van der Waals surface area contributed by atoms with E-state index in [0.29, 0.717) is 0 Å². The molecule has 0 saturated carbocycles. The van der Waals surface area contributed by atoms with E-state index in [2.05, 4.69) is 32.9 Å². The van der Waals surface area contributed by atoms with E-state index >= 15 is 0 Å². The average Bonchev–Trinajstić information content (AvgIpc) is 2.42. The van der Waals surface area contributed by atoms with Crippen LogP contribution >= 0.6 is 0 Å². The molecule has 1 aromatic carbocycles. The van der Waals surface area contributed by atoms with Crippen molar-refractivity contribution in [2.75, 3.05) is 0 Å². The molecule has 0 radical (unpaired) electrons. The van der Waals surface area contributed by atoms with Gasteiger partial charge < -0.3 is 4.74 Å². The van der Waals surface area contributed by atoms with Crippen molar-refractivity contribution in [3.8, 4) is 0 Å². The monoisotopic (exact) mass is 304 g/mol. The van der Waals surface area contributed by atoms with Gasteiger partial charge in [-0.1, -0.05) is 58.9 Å². The molecule has 0 fully saturated rings. The summed E-state index contributed by atoms with van der Waals surface area (Å²) in [6.45, 7) is 10.6. The zero-order chi connectivity index (χ0) is 16.8. The van der Waals surface area contributed by atoms with E-state index < -0.39 is 0 Å². The summed E-state index contributed by atoms with van der Waals surface area (Å²) in [4.78, 5) is 23.1. The molecule has 0 heterocycles. The van der Waals surface area contributed by atoms with Crippen LogP contribution in [0.15, 0.2) is 24.3 Å². The van der Waals surface area contributed by atoms with Gasteiger partial charge in [0.2, 0.25) is 0 Å². The third kappa shape index (κ3) is 7.39. The minimum absolute atomic E-state index is 0.0249. The summed E-state index contributed by atoms with van der Waals surface area (Å²) in [6, 6.07) is 8.15. The highest BCUT2D eigenvalue weighted by molar-refractivity contribution is 5.84. The fourth-order valence-corrected chi connectivity index (χ4v) is 2.12. The molecule has 0 aliphatic carbocycles. The molecule has 0 aliphatic rings. The molecule has 0 spiro atoms. The molecule has 3 nitrogen and oxygen atoms in total. The number of carbonyl (C=O) groups excluding carboxylic acids is 2. The maximum Gasteiger partial charge on any atom is 0.306 e. The van der Waals surface area contributed by atoms with Crippen molar-refractivity contribution in [1.82, 2.24) is 0 Å². The first-order chi connectivity index (χ1) is 10.2. The largest absolute Gasteiger partial charge is 0.461 e. The van der Waals surface area contributed by atoms with E-state index in [-0.39, 0.29) is 42.5 Å². The van der Waals surface area contributed by atoms with E-state index in [9.17, 15) is 9.59 Å². The molecule has 0 atom stereocenters. The number of hydrogen-bond acceptors (Lipinski definition) is 3. The maximum atomic E-state index is 11.6. The predicted molar refractivity (Wildman–Crippen MR) is 88.5 cm³/mol. The van der Waals surface area contributed by atoms with Gasteiger partial charge in [-0.3, -0.25) is 9.59 Å². The minimum atomic E-state index is -0.312. The van der Waals surface area contributed by atoms with Crippen LogP contribution in [0, 0.1) is 11.3 Å². The molecule has 22 heavy (non-hydrogen) atoms. The smallest absolute Gasteiger partial charge is 0.306 e. The topological polar surface area (TPSA) is 43.4 Å². The Morgan fingerprint density at radius 3 is 2.05 bits per heavy atom. The molecule has 0 N–H and O–H groups in total. The van der Waals surface area contributed by atoms with Gasteiger partial charge in [0.05, 0.1) is 6.42 Å². The molecular formula is C19H28O3. The molecule has 1 rings (SSSR count). The van der Waals surface area contributed by atoms with Crippen molar-refractivity contribution in [1.29, 1.82) is 0 Å². The van der Waals surface area contributed by atoms with Crippen LogP contribution in [0.4, 0.5) is 0 Å². The first kappa shape index (κ1) is 18.4. The predicted octanol–water partition coefficient (Wildman–Crippen LogP) is 4.32. The Morgan fingerprint density at radius 1 is 1.00 bits per heavy atom. The van der Waals surface area contributed by atoms with Crippen molar-refractivity contribution < 1.29 is 14.3 Å². The first-order valence-corrected chi connectivity index (χ1v) is 7.93. The Morgan fingerprint density at radius 2 is 1.55 bits per heavy atom. The lowest BCUT2D eigenvalue weighted by atomic mass is 9.88. The highest BCUT2D eigenvalue weighted by Gasteiger charge is 2.12. The van der Waals surface area contributed by atoms with Crippen LogP contribution in [0.3, 0.4) is 0 Å². The van der Waals surface area contributed by atoms with Crippen LogP contribution in [0.1, 0.15) is 58.6 Å². The van der Waals surface area contributed by atoms with E-state index in [1.807, 2.05) is 26.0 Å². The number of ketones is 1. The summed E-state index contributed by atoms with van der Waals surface area (Å²) in [7, 11) is 0. The second-order valence-corrected chi connectivity index (χ2v) is 7.34. The number of carbonyl (C=O) groups is 2. The summed E-state index contributed by atoms with van der Waals surface area (Å²) < 4.78 is 5.21. The van der Waals surface area contributed by atoms with Crippen molar-refractivity contribution in [2.45, 2.75) is 60.5 Å². The van der Waals surface area contributed by atoms with Crippen LogP contribution in [-0.2, 0) is 27.4 Å². The van der Waals surface area contributed by atoms with Gasteiger partial charge in [0.1, 0.15) is 12.4 Å². The van der Waals surface area contributed by atoms with Crippen molar-refractivity contribution in [3.63, 3.8) is 0 Å². The van der Waals surface area contributed by atoms with E-state index in [1.54, 1.807) is 0 Å². The SMILES string of the molecule is CC(C)C(=O)CCC(=O)OCc1ccc(CC(C)(C)C)cc1. The third-order valence-corrected chi connectivity index (χ3v) is 3.38. The van der Waals surface area contributed by atoms with Gasteiger partial charge in [-0.05, 0) is 23.0 Å². The summed E-state index contributed by atoms with van der Waals surface area (Å²) in [5, 5.41) is 0. The molecule has 0 saturated heterocycles. The normalized spacial score (nSPS) is 11.5. The van der Waals surface area contributed by atoms with Gasteiger partial charge in [0.15, 0.2) is 0 Å². The fourth-order valence-electron chi connectivity index (χ4n) is 2.12. The molecular weight excluding hydrogens is 276 g/mol. The maximum absolute atomic E-state index is 11.6. The third-order valence-electron chi connectivity index (χ3n) is 3.38. The quantitative estimate of drug-likeness (QED) is 0.704. The molecule has 0 bridgehead atoms. The standard InChI is InChI=1S/C19H28O3/c1-14(2)17(20)10-11-18(21)22-13-16-8-6-15(7-9-16)12-19(3,4)5/h6-9,14H,10-13H2,1-5H3. The Kier molecular flexibility index (Phi) is 6.79. The van der Waals surface area contributed by atoms with E-state index in [4.69, 9.17) is 4.74 Å². The Balaban J connectivity index is 2.38. The number of hydrogen-bond donors (Lipinski definition) is 0. The second-order valence-electron chi connectivity index (χ2n) is 7.34. The highest BCUT2D eigenvalue weighted by Crippen LogP contribution is 2.20. The fraction of sp³-hybridized carbons (Fsp3) is 0.579. The van der Waals surface area contributed by atoms with Gasteiger partial charge in [-0.25, -0.2) is 0 Å². The zero-order valence-corrected chi connectivity index (χ0v) is 14.4. The lowest BCUT2D eigenvalue weighted by molar-refractivity contribution is -0.146. The Bertz CT molecular complexity index is 492. The van der Waals surface area contributed by atoms with Crippen LogP contribution in [0.2, 0.25) is 0 Å². The summed E-state index contributed by atoms with van der Waals surface area (Å²) in [6.07, 6.45) is 1.45. The molecule has 0 aliphatic heterocycles. The Hall–Kier alpha value is -1.64. The number of benzene rings is 1. The number of ether oxygens (including phenoxy) is 1. The van der Waals surface area contributed by atoms with Gasteiger partial charge in [-0.15, -0.1) is 0 Å². The van der Waals surface area contributed by atoms with Gasteiger partial charge >= 0.3 is 5.97 Å². The molecule has 3 heteroatoms. The number of esters is 1. The summed E-state index contributed by atoms with van der Waals surface area (Å²) in [5.41, 5.74) is 2.52. The number of rotatable bonds is 7. The van der Waals surface area contributed by atoms with Crippen molar-refractivity contribution in [3.05, 3.63) is 35.4 Å². The van der Waals surface area contributed by atoms with E-state index in [1.165, 1.54) is 5.56 Å². The molecule has 0 amide bonds. The summed E-state index contributed by atoms with van der Waals surface area (Å²) in [5.74, 6) is -0.237. The average molecular weight is 304 g/mol. The van der Waals surface area contributed by atoms with Crippen molar-refractivity contribution >= 4 is 11.8 Å². The Labute approximate surface area is 134 Å². The first-order valence-electron chi connectivity index (χ1n) is 7.93. The number of Topliss-reactive ketones (excluding diaryl/α,β-unsaturated/α-hetero) is 1. The molecule has 0 unspecified atom stereocenters.